The summed E-state index contributed by atoms with van der Waals surface area (Å²) >= 11 is 0. The standard InChI is InChI=1S/C14H11NO3/c1-7-4-3-5-9-12(7)15-10-6-8(2)18-14(17)11(10)13(9)16/h3-6H,1-2H3,(H,15,16). The van der Waals surface area contributed by atoms with Crippen molar-refractivity contribution < 1.29 is 4.42 Å². The highest BCUT2D eigenvalue weighted by atomic mass is 16.4. The molecule has 1 N–H and O–H groups in total. The number of pyridine rings is 1. The predicted molar refractivity (Wildman–Crippen MR) is 70.1 cm³/mol. The zero-order valence-corrected chi connectivity index (χ0v) is 10.0. The van der Waals surface area contributed by atoms with Crippen LogP contribution in [-0.2, 0) is 0 Å². The summed E-state index contributed by atoms with van der Waals surface area (Å²) in [6.07, 6.45) is 0. The van der Waals surface area contributed by atoms with Gasteiger partial charge in [0, 0.05) is 11.5 Å². The third-order valence-electron chi connectivity index (χ3n) is 3.08. The van der Waals surface area contributed by atoms with E-state index in [9.17, 15) is 9.59 Å². The second-order valence-corrected chi connectivity index (χ2v) is 4.38. The molecule has 2 aromatic heterocycles. The number of rotatable bonds is 0. The quantitative estimate of drug-likeness (QED) is 0.614. The van der Waals surface area contributed by atoms with E-state index < -0.39 is 5.63 Å². The van der Waals surface area contributed by atoms with Crippen LogP contribution in [0.15, 0.2) is 38.3 Å². The van der Waals surface area contributed by atoms with E-state index in [0.29, 0.717) is 16.7 Å². The number of aromatic nitrogens is 1. The number of H-pyrrole nitrogens is 1. The van der Waals surface area contributed by atoms with Crippen LogP contribution in [0.2, 0.25) is 0 Å². The maximum Gasteiger partial charge on any atom is 0.349 e. The number of aryl methyl sites for hydroxylation is 2. The Labute approximate surface area is 102 Å². The fourth-order valence-corrected chi connectivity index (χ4v) is 2.22. The van der Waals surface area contributed by atoms with Crippen molar-refractivity contribution in [2.75, 3.05) is 0 Å². The molecule has 0 bridgehead atoms. The van der Waals surface area contributed by atoms with Gasteiger partial charge in [0.15, 0.2) is 0 Å². The number of hydrogen-bond acceptors (Lipinski definition) is 3. The molecule has 0 atom stereocenters. The van der Waals surface area contributed by atoms with E-state index in [0.717, 1.165) is 11.1 Å². The van der Waals surface area contributed by atoms with Crippen LogP contribution in [0.1, 0.15) is 11.3 Å². The van der Waals surface area contributed by atoms with Gasteiger partial charge in [-0.2, -0.15) is 0 Å². The Balaban J connectivity index is 2.70. The van der Waals surface area contributed by atoms with Crippen LogP contribution in [0.4, 0.5) is 0 Å². The zero-order valence-electron chi connectivity index (χ0n) is 10.0. The molecule has 0 saturated heterocycles. The first-order chi connectivity index (χ1) is 8.58. The number of aromatic amines is 1. The van der Waals surface area contributed by atoms with E-state index in [2.05, 4.69) is 4.98 Å². The van der Waals surface area contributed by atoms with E-state index >= 15 is 0 Å². The van der Waals surface area contributed by atoms with Gasteiger partial charge in [-0.1, -0.05) is 12.1 Å². The lowest BCUT2D eigenvalue weighted by molar-refractivity contribution is 0.488. The number of nitrogens with one attached hydrogen (secondary N) is 1. The molecule has 0 spiro atoms. The summed E-state index contributed by atoms with van der Waals surface area (Å²) in [4.78, 5) is 27.2. The number of fused-ring (bicyclic) bond motifs is 2. The lowest BCUT2D eigenvalue weighted by Gasteiger charge is -2.04. The fourth-order valence-electron chi connectivity index (χ4n) is 2.22. The first kappa shape index (κ1) is 10.8. The molecule has 0 radical (unpaired) electrons. The molecule has 1 aromatic carbocycles. The SMILES string of the molecule is Cc1cc2[nH]c3c(C)cccc3c(=O)c2c(=O)o1. The molecule has 4 nitrogen and oxygen atoms in total. The van der Waals surface area contributed by atoms with E-state index in [-0.39, 0.29) is 10.8 Å². The average Bonchev–Trinajstić information content (AvgIpc) is 2.30. The molecular formula is C14H11NO3. The highest BCUT2D eigenvalue weighted by Gasteiger charge is 2.11. The van der Waals surface area contributed by atoms with Gasteiger partial charge in [0.2, 0.25) is 5.43 Å². The van der Waals surface area contributed by atoms with Crippen molar-refractivity contribution in [2.24, 2.45) is 0 Å². The van der Waals surface area contributed by atoms with Crippen molar-refractivity contribution >= 4 is 21.8 Å². The Kier molecular flexibility index (Phi) is 2.13. The molecule has 0 saturated carbocycles. The largest absolute Gasteiger partial charge is 0.428 e. The Morgan fingerprint density at radius 2 is 1.94 bits per heavy atom. The summed E-state index contributed by atoms with van der Waals surface area (Å²) in [5, 5.41) is 0.595. The van der Waals surface area contributed by atoms with Gasteiger partial charge in [-0.05, 0) is 25.5 Å². The average molecular weight is 241 g/mol. The normalized spacial score (nSPS) is 11.2. The van der Waals surface area contributed by atoms with Gasteiger partial charge in [-0.15, -0.1) is 0 Å². The first-order valence-electron chi connectivity index (χ1n) is 5.64. The maximum absolute atomic E-state index is 12.3. The highest BCUT2D eigenvalue weighted by Crippen LogP contribution is 2.16. The number of benzene rings is 1. The van der Waals surface area contributed by atoms with Crippen molar-refractivity contribution in [1.82, 2.24) is 4.98 Å². The van der Waals surface area contributed by atoms with Crippen LogP contribution in [0.25, 0.3) is 21.8 Å². The first-order valence-corrected chi connectivity index (χ1v) is 5.64. The number of para-hydroxylation sites is 1. The lowest BCUT2D eigenvalue weighted by atomic mass is 10.1. The molecule has 4 heteroatoms. The van der Waals surface area contributed by atoms with Crippen LogP contribution in [-0.4, -0.2) is 4.98 Å². The minimum Gasteiger partial charge on any atom is -0.428 e. The van der Waals surface area contributed by atoms with Crippen LogP contribution in [0, 0.1) is 13.8 Å². The Hall–Kier alpha value is -2.36. The minimum absolute atomic E-state index is 0.0821. The van der Waals surface area contributed by atoms with Gasteiger partial charge in [-0.3, -0.25) is 4.79 Å². The molecule has 0 aliphatic carbocycles. The van der Waals surface area contributed by atoms with Crippen molar-refractivity contribution in [3.8, 4) is 0 Å². The fraction of sp³-hybridized carbons (Fsp3) is 0.143. The maximum atomic E-state index is 12.3. The molecule has 0 amide bonds. The second kappa shape index (κ2) is 3.57. The molecule has 90 valence electrons. The smallest absolute Gasteiger partial charge is 0.349 e. The third-order valence-corrected chi connectivity index (χ3v) is 3.08. The van der Waals surface area contributed by atoms with Crippen molar-refractivity contribution in [1.29, 1.82) is 0 Å². The monoisotopic (exact) mass is 241 g/mol. The van der Waals surface area contributed by atoms with Crippen LogP contribution in [0.3, 0.4) is 0 Å². The zero-order chi connectivity index (χ0) is 12.9. The van der Waals surface area contributed by atoms with Crippen molar-refractivity contribution in [2.45, 2.75) is 13.8 Å². The summed E-state index contributed by atoms with van der Waals surface area (Å²) in [6, 6.07) is 7.10. The van der Waals surface area contributed by atoms with Crippen LogP contribution in [0.5, 0.6) is 0 Å². The Morgan fingerprint density at radius 1 is 1.17 bits per heavy atom. The summed E-state index contributed by atoms with van der Waals surface area (Å²) in [6.45, 7) is 3.60. The van der Waals surface area contributed by atoms with E-state index in [1.165, 1.54) is 0 Å². The van der Waals surface area contributed by atoms with E-state index in [1.807, 2.05) is 13.0 Å². The summed E-state index contributed by atoms with van der Waals surface area (Å²) in [5.74, 6) is 0.482. The molecule has 3 aromatic rings. The minimum atomic E-state index is -0.588. The molecule has 0 aliphatic rings. The van der Waals surface area contributed by atoms with E-state index in [1.54, 1.807) is 25.1 Å². The van der Waals surface area contributed by atoms with Gasteiger partial charge >= 0.3 is 5.63 Å². The summed E-state index contributed by atoms with van der Waals surface area (Å²) in [7, 11) is 0. The third kappa shape index (κ3) is 1.39. The van der Waals surface area contributed by atoms with Gasteiger partial charge in [-0.25, -0.2) is 4.79 Å². The topological polar surface area (TPSA) is 63.1 Å². The molecule has 0 fully saturated rings. The van der Waals surface area contributed by atoms with Crippen molar-refractivity contribution in [3.63, 3.8) is 0 Å². The van der Waals surface area contributed by atoms with E-state index in [4.69, 9.17) is 4.42 Å². The molecule has 2 heterocycles. The van der Waals surface area contributed by atoms with Crippen LogP contribution < -0.4 is 11.1 Å². The van der Waals surface area contributed by atoms with Gasteiger partial charge in [0.1, 0.15) is 11.1 Å². The summed E-state index contributed by atoms with van der Waals surface area (Å²) in [5.41, 5.74) is 1.39. The molecule has 3 rings (SSSR count). The van der Waals surface area contributed by atoms with Gasteiger partial charge < -0.3 is 9.40 Å². The molecule has 18 heavy (non-hydrogen) atoms. The Morgan fingerprint density at radius 3 is 2.72 bits per heavy atom. The second-order valence-electron chi connectivity index (χ2n) is 4.38. The highest BCUT2D eigenvalue weighted by molar-refractivity contribution is 5.93. The van der Waals surface area contributed by atoms with Crippen molar-refractivity contribution in [3.05, 3.63) is 56.2 Å². The van der Waals surface area contributed by atoms with Crippen LogP contribution >= 0.6 is 0 Å². The molecule has 0 unspecified atom stereocenters. The Bertz CT molecular complexity index is 887. The van der Waals surface area contributed by atoms with Gasteiger partial charge in [0.05, 0.1) is 11.0 Å². The summed E-state index contributed by atoms with van der Waals surface area (Å²) < 4.78 is 4.97. The predicted octanol–water partition coefficient (Wildman–Crippen LogP) is 2.25. The van der Waals surface area contributed by atoms with Gasteiger partial charge in [0.25, 0.3) is 0 Å². The molecular weight excluding hydrogens is 230 g/mol. The molecule has 0 aliphatic heterocycles. The number of hydrogen-bond donors (Lipinski definition) is 1. The lowest BCUT2D eigenvalue weighted by Crippen LogP contribution is -2.14.